The van der Waals surface area contributed by atoms with E-state index in [4.69, 9.17) is 9.47 Å². The maximum atomic E-state index is 12.9. The summed E-state index contributed by atoms with van der Waals surface area (Å²) in [5.74, 6) is 0.248. The Morgan fingerprint density at radius 2 is 1.68 bits per heavy atom. The van der Waals surface area contributed by atoms with Gasteiger partial charge in [0.25, 0.3) is 5.91 Å². The minimum absolute atomic E-state index is 0.176. The minimum atomic E-state index is -0.392. The Balaban J connectivity index is 2.21. The van der Waals surface area contributed by atoms with Gasteiger partial charge in [-0.2, -0.15) is 0 Å². The SMILES string of the molecule is CCN(CC(C)C(=O)OC)C(=O)c1ccccc1Oc1ccccc1. The first kappa shape index (κ1) is 18.5. The minimum Gasteiger partial charge on any atom is -0.469 e. The lowest BCUT2D eigenvalue weighted by Gasteiger charge is -2.24. The van der Waals surface area contributed by atoms with Crippen LogP contribution in [-0.4, -0.2) is 37.0 Å². The molecule has 0 aromatic heterocycles. The fraction of sp³-hybridized carbons (Fsp3) is 0.300. The van der Waals surface area contributed by atoms with Crippen molar-refractivity contribution >= 4 is 11.9 Å². The van der Waals surface area contributed by atoms with Gasteiger partial charge in [-0.1, -0.05) is 37.3 Å². The summed E-state index contributed by atoms with van der Waals surface area (Å²) in [7, 11) is 1.35. The Kier molecular flexibility index (Phi) is 6.57. The van der Waals surface area contributed by atoms with Gasteiger partial charge in [0.2, 0.25) is 0 Å². The number of benzene rings is 2. The van der Waals surface area contributed by atoms with Crippen LogP contribution in [0, 0.1) is 5.92 Å². The van der Waals surface area contributed by atoms with Gasteiger partial charge in [-0.3, -0.25) is 9.59 Å². The van der Waals surface area contributed by atoms with Gasteiger partial charge >= 0.3 is 5.97 Å². The number of amides is 1. The molecule has 0 saturated carbocycles. The third kappa shape index (κ3) is 4.83. The molecule has 0 radical (unpaired) electrons. The Morgan fingerprint density at radius 3 is 2.32 bits per heavy atom. The zero-order valence-electron chi connectivity index (χ0n) is 14.8. The van der Waals surface area contributed by atoms with E-state index in [1.807, 2.05) is 43.3 Å². The number of nitrogens with zero attached hydrogens (tertiary/aromatic N) is 1. The summed E-state index contributed by atoms with van der Waals surface area (Å²) in [5.41, 5.74) is 0.463. The van der Waals surface area contributed by atoms with Gasteiger partial charge in [-0.25, -0.2) is 0 Å². The van der Waals surface area contributed by atoms with E-state index in [1.165, 1.54) is 7.11 Å². The first-order valence-corrected chi connectivity index (χ1v) is 8.25. The molecule has 0 fully saturated rings. The summed E-state index contributed by atoms with van der Waals surface area (Å²) in [6.45, 7) is 4.40. The molecule has 5 heteroatoms. The van der Waals surface area contributed by atoms with Gasteiger partial charge < -0.3 is 14.4 Å². The summed E-state index contributed by atoms with van der Waals surface area (Å²) < 4.78 is 10.6. The predicted molar refractivity (Wildman–Crippen MR) is 95.7 cm³/mol. The van der Waals surface area contributed by atoms with Crippen LogP contribution in [0.2, 0.25) is 0 Å². The number of methoxy groups -OCH3 is 1. The van der Waals surface area contributed by atoms with Crippen molar-refractivity contribution in [2.45, 2.75) is 13.8 Å². The van der Waals surface area contributed by atoms with E-state index in [-0.39, 0.29) is 11.9 Å². The average molecular weight is 341 g/mol. The Labute approximate surface area is 148 Å². The molecule has 25 heavy (non-hydrogen) atoms. The normalized spacial score (nSPS) is 11.5. The van der Waals surface area contributed by atoms with Gasteiger partial charge in [0.05, 0.1) is 18.6 Å². The molecule has 2 rings (SSSR count). The van der Waals surface area contributed by atoms with Crippen LogP contribution in [0.15, 0.2) is 54.6 Å². The van der Waals surface area contributed by atoms with Crippen LogP contribution in [0.5, 0.6) is 11.5 Å². The van der Waals surface area contributed by atoms with E-state index in [9.17, 15) is 9.59 Å². The highest BCUT2D eigenvalue weighted by Gasteiger charge is 2.23. The molecule has 0 aliphatic carbocycles. The molecule has 2 aromatic rings. The standard InChI is InChI=1S/C20H23NO4/c1-4-21(14-15(2)20(23)24-3)19(22)17-12-8-9-13-18(17)25-16-10-6-5-7-11-16/h5-13,15H,4,14H2,1-3H3. The highest BCUT2D eigenvalue weighted by atomic mass is 16.5. The third-order valence-electron chi connectivity index (χ3n) is 3.86. The molecule has 0 aliphatic rings. The number of carbonyl (C=O) groups excluding carboxylic acids is 2. The van der Waals surface area contributed by atoms with Crippen LogP contribution < -0.4 is 4.74 Å². The number of hydrogen-bond donors (Lipinski definition) is 0. The zero-order valence-corrected chi connectivity index (χ0v) is 14.8. The van der Waals surface area contributed by atoms with Crippen molar-refractivity contribution in [1.82, 2.24) is 4.90 Å². The molecule has 0 bridgehead atoms. The summed E-state index contributed by atoms with van der Waals surface area (Å²) in [6, 6.07) is 16.4. The van der Waals surface area contributed by atoms with Crippen LogP contribution in [0.4, 0.5) is 0 Å². The number of carbonyl (C=O) groups is 2. The number of rotatable bonds is 7. The second-order valence-electron chi connectivity index (χ2n) is 5.68. The van der Waals surface area contributed by atoms with E-state index in [0.717, 1.165) is 0 Å². The first-order valence-electron chi connectivity index (χ1n) is 8.25. The predicted octanol–water partition coefficient (Wildman–Crippen LogP) is 3.75. The zero-order chi connectivity index (χ0) is 18.2. The third-order valence-corrected chi connectivity index (χ3v) is 3.86. The fourth-order valence-electron chi connectivity index (χ4n) is 2.48. The molecule has 0 heterocycles. The summed E-state index contributed by atoms with van der Waals surface area (Å²) in [6.07, 6.45) is 0. The van der Waals surface area contributed by atoms with E-state index < -0.39 is 5.92 Å². The number of hydrogen-bond acceptors (Lipinski definition) is 4. The smallest absolute Gasteiger partial charge is 0.310 e. The lowest BCUT2D eigenvalue weighted by atomic mass is 10.1. The molecule has 0 N–H and O–H groups in total. The van der Waals surface area contributed by atoms with Gasteiger partial charge in [0.1, 0.15) is 11.5 Å². The molecule has 0 aliphatic heterocycles. The Hall–Kier alpha value is -2.82. The van der Waals surface area contributed by atoms with E-state index in [2.05, 4.69) is 0 Å². The largest absolute Gasteiger partial charge is 0.469 e. The Morgan fingerprint density at radius 1 is 1.04 bits per heavy atom. The maximum Gasteiger partial charge on any atom is 0.310 e. The van der Waals surface area contributed by atoms with Crippen molar-refractivity contribution in [3.63, 3.8) is 0 Å². The molecule has 0 saturated heterocycles. The summed E-state index contributed by atoms with van der Waals surface area (Å²) in [4.78, 5) is 26.2. The maximum absolute atomic E-state index is 12.9. The van der Waals surface area contributed by atoms with Crippen molar-refractivity contribution < 1.29 is 19.1 Å². The van der Waals surface area contributed by atoms with Crippen molar-refractivity contribution in [2.75, 3.05) is 20.2 Å². The number of para-hydroxylation sites is 2. The van der Waals surface area contributed by atoms with Crippen LogP contribution in [0.3, 0.4) is 0 Å². The van der Waals surface area contributed by atoms with E-state index in [1.54, 1.807) is 30.0 Å². The van der Waals surface area contributed by atoms with Gasteiger partial charge in [0.15, 0.2) is 0 Å². The number of esters is 1. The summed E-state index contributed by atoms with van der Waals surface area (Å²) >= 11 is 0. The molecule has 5 nitrogen and oxygen atoms in total. The molecule has 1 atom stereocenters. The highest BCUT2D eigenvalue weighted by molar-refractivity contribution is 5.97. The first-order chi connectivity index (χ1) is 12.1. The van der Waals surface area contributed by atoms with Crippen LogP contribution in [0.25, 0.3) is 0 Å². The van der Waals surface area contributed by atoms with Crippen molar-refractivity contribution in [1.29, 1.82) is 0 Å². The van der Waals surface area contributed by atoms with Crippen LogP contribution >= 0.6 is 0 Å². The lowest BCUT2D eigenvalue weighted by molar-refractivity contribution is -0.145. The van der Waals surface area contributed by atoms with Gasteiger partial charge in [0, 0.05) is 13.1 Å². The molecule has 0 spiro atoms. The molecular weight excluding hydrogens is 318 g/mol. The molecule has 1 unspecified atom stereocenters. The molecule has 1 amide bonds. The monoisotopic (exact) mass is 341 g/mol. The second-order valence-corrected chi connectivity index (χ2v) is 5.68. The fourth-order valence-corrected chi connectivity index (χ4v) is 2.48. The second kappa shape index (κ2) is 8.87. The topological polar surface area (TPSA) is 55.8 Å². The van der Waals surface area contributed by atoms with E-state index >= 15 is 0 Å². The van der Waals surface area contributed by atoms with Crippen molar-refractivity contribution in [3.05, 3.63) is 60.2 Å². The van der Waals surface area contributed by atoms with Gasteiger partial charge in [-0.05, 0) is 31.2 Å². The number of ether oxygens (including phenoxy) is 2. The van der Waals surface area contributed by atoms with Gasteiger partial charge in [-0.15, -0.1) is 0 Å². The lowest BCUT2D eigenvalue weighted by Crippen LogP contribution is -2.37. The van der Waals surface area contributed by atoms with Crippen LogP contribution in [0.1, 0.15) is 24.2 Å². The molecular formula is C20H23NO4. The Bertz CT molecular complexity index is 715. The van der Waals surface area contributed by atoms with Crippen LogP contribution in [-0.2, 0) is 9.53 Å². The molecule has 2 aromatic carbocycles. The quantitative estimate of drug-likeness (QED) is 0.720. The van der Waals surface area contributed by atoms with E-state index in [0.29, 0.717) is 30.2 Å². The highest BCUT2D eigenvalue weighted by Crippen LogP contribution is 2.26. The van der Waals surface area contributed by atoms with Crippen molar-refractivity contribution in [2.24, 2.45) is 5.92 Å². The summed E-state index contributed by atoms with van der Waals surface area (Å²) in [5, 5.41) is 0. The van der Waals surface area contributed by atoms with Crippen molar-refractivity contribution in [3.8, 4) is 11.5 Å². The average Bonchev–Trinajstić information content (AvgIpc) is 2.66. The molecule has 132 valence electrons.